The summed E-state index contributed by atoms with van der Waals surface area (Å²) in [6.07, 6.45) is 1.29. The fourth-order valence-corrected chi connectivity index (χ4v) is 2.31. The first kappa shape index (κ1) is 19.6. The van der Waals surface area contributed by atoms with Crippen LogP contribution >= 0.6 is 0 Å². The van der Waals surface area contributed by atoms with Crippen LogP contribution in [0.5, 0.6) is 5.75 Å². The number of carbonyl (C=O) groups excluding carboxylic acids is 1. The van der Waals surface area contributed by atoms with E-state index in [-0.39, 0.29) is 17.0 Å². The molecule has 0 atom stereocenters. The number of ether oxygens (including phenoxy) is 2. The number of methoxy groups -OCH3 is 2. The number of nitrogens with zero attached hydrogens (tertiary/aromatic N) is 2. The standard InChI is InChI=1S/C19H18N2O6/c1-13(20-27-15-8-6-7-14(11-15)21(23)24)16-9-4-5-10-17(16)18(12-25-2)19(22)26-3/h4-12H,1-3H3/b18-12+,20-13?. The van der Waals surface area contributed by atoms with Gasteiger partial charge in [-0.1, -0.05) is 35.5 Å². The Morgan fingerprint density at radius 1 is 1.11 bits per heavy atom. The molecule has 0 N–H and O–H groups in total. The Hall–Kier alpha value is -3.68. The first-order chi connectivity index (χ1) is 13.0. The Bertz CT molecular complexity index is 905. The van der Waals surface area contributed by atoms with Gasteiger partial charge in [-0.3, -0.25) is 10.1 Å². The van der Waals surface area contributed by atoms with Crippen molar-refractivity contribution in [2.45, 2.75) is 6.92 Å². The smallest absolute Gasteiger partial charge is 0.341 e. The molecule has 0 amide bonds. The molecular formula is C19H18N2O6. The van der Waals surface area contributed by atoms with Crippen molar-refractivity contribution in [1.29, 1.82) is 0 Å². The summed E-state index contributed by atoms with van der Waals surface area (Å²) in [7, 11) is 2.71. The zero-order valence-corrected chi connectivity index (χ0v) is 15.0. The van der Waals surface area contributed by atoms with Crippen LogP contribution in [-0.2, 0) is 14.3 Å². The predicted molar refractivity (Wildman–Crippen MR) is 99.4 cm³/mol. The van der Waals surface area contributed by atoms with Gasteiger partial charge >= 0.3 is 5.97 Å². The van der Waals surface area contributed by atoms with Gasteiger partial charge in [0.25, 0.3) is 5.69 Å². The highest BCUT2D eigenvalue weighted by Gasteiger charge is 2.18. The van der Waals surface area contributed by atoms with E-state index in [1.54, 1.807) is 37.3 Å². The van der Waals surface area contributed by atoms with Crippen molar-refractivity contribution in [1.82, 2.24) is 0 Å². The molecule has 2 aromatic rings. The lowest BCUT2D eigenvalue weighted by atomic mass is 9.98. The number of non-ortho nitro benzene ring substituents is 1. The molecule has 8 heteroatoms. The van der Waals surface area contributed by atoms with E-state index in [2.05, 4.69) is 5.16 Å². The van der Waals surface area contributed by atoms with Crippen LogP contribution < -0.4 is 4.84 Å². The third-order valence-electron chi connectivity index (χ3n) is 3.56. The summed E-state index contributed by atoms with van der Waals surface area (Å²) in [4.78, 5) is 27.7. The maximum absolute atomic E-state index is 12.1. The van der Waals surface area contributed by atoms with Crippen LogP contribution in [0, 0.1) is 10.1 Å². The molecule has 140 valence electrons. The Morgan fingerprint density at radius 3 is 2.44 bits per heavy atom. The summed E-state index contributed by atoms with van der Waals surface area (Å²) in [5.74, 6) is -0.335. The minimum absolute atomic E-state index is 0.100. The van der Waals surface area contributed by atoms with Crippen LogP contribution in [0.25, 0.3) is 5.57 Å². The van der Waals surface area contributed by atoms with E-state index in [0.717, 1.165) is 0 Å². The zero-order valence-electron chi connectivity index (χ0n) is 15.0. The van der Waals surface area contributed by atoms with Gasteiger partial charge in [-0.15, -0.1) is 0 Å². The van der Waals surface area contributed by atoms with Gasteiger partial charge in [0.1, 0.15) is 5.57 Å². The molecule has 0 radical (unpaired) electrons. The second-order valence-corrected chi connectivity index (χ2v) is 5.33. The van der Waals surface area contributed by atoms with Crippen LogP contribution in [0.15, 0.2) is 59.9 Å². The maximum Gasteiger partial charge on any atom is 0.341 e. The van der Waals surface area contributed by atoms with Crippen molar-refractivity contribution in [2.24, 2.45) is 5.16 Å². The molecule has 0 fully saturated rings. The monoisotopic (exact) mass is 370 g/mol. The van der Waals surface area contributed by atoms with Gasteiger partial charge in [0.2, 0.25) is 0 Å². The predicted octanol–water partition coefficient (Wildman–Crippen LogP) is 3.56. The SMILES string of the molecule is CO/C=C(/C(=O)OC)c1ccccc1C(C)=NOc1cccc([N+](=O)[O-])c1. The van der Waals surface area contributed by atoms with Crippen LogP contribution in [0.4, 0.5) is 5.69 Å². The van der Waals surface area contributed by atoms with Crippen molar-refractivity contribution in [3.8, 4) is 5.75 Å². The molecule has 0 unspecified atom stereocenters. The number of carbonyl (C=O) groups is 1. The van der Waals surface area contributed by atoms with Gasteiger partial charge in [0.05, 0.1) is 37.2 Å². The van der Waals surface area contributed by atoms with E-state index < -0.39 is 10.9 Å². The highest BCUT2D eigenvalue weighted by molar-refractivity contribution is 6.19. The summed E-state index contributed by atoms with van der Waals surface area (Å²) in [6, 6.07) is 12.7. The quantitative estimate of drug-likeness (QED) is 0.184. The molecule has 0 aliphatic heterocycles. The molecule has 0 saturated carbocycles. The first-order valence-electron chi connectivity index (χ1n) is 7.85. The molecular weight excluding hydrogens is 352 g/mol. The van der Waals surface area contributed by atoms with E-state index in [1.807, 2.05) is 0 Å². The van der Waals surface area contributed by atoms with Crippen molar-refractivity contribution in [3.63, 3.8) is 0 Å². The second kappa shape index (κ2) is 9.14. The van der Waals surface area contributed by atoms with Gasteiger partial charge in [-0.25, -0.2) is 4.79 Å². The van der Waals surface area contributed by atoms with Crippen LogP contribution in [-0.4, -0.2) is 30.8 Å². The summed E-state index contributed by atoms with van der Waals surface area (Å²) in [5.41, 5.74) is 1.76. The Kier molecular flexibility index (Phi) is 6.65. The van der Waals surface area contributed by atoms with E-state index in [1.165, 1.54) is 38.7 Å². The topological polar surface area (TPSA) is 100 Å². The van der Waals surface area contributed by atoms with E-state index >= 15 is 0 Å². The Morgan fingerprint density at radius 2 is 1.81 bits per heavy atom. The fourth-order valence-electron chi connectivity index (χ4n) is 2.31. The van der Waals surface area contributed by atoms with Gasteiger partial charge < -0.3 is 14.3 Å². The average molecular weight is 370 g/mol. The summed E-state index contributed by atoms with van der Waals surface area (Å²) < 4.78 is 9.78. The molecule has 8 nitrogen and oxygen atoms in total. The number of rotatable bonds is 7. The van der Waals surface area contributed by atoms with Crippen molar-refractivity contribution < 1.29 is 24.0 Å². The highest BCUT2D eigenvalue weighted by atomic mass is 16.6. The first-order valence-corrected chi connectivity index (χ1v) is 7.85. The molecule has 0 aliphatic rings. The summed E-state index contributed by atoms with van der Waals surface area (Å²) in [6.45, 7) is 1.69. The summed E-state index contributed by atoms with van der Waals surface area (Å²) in [5, 5.41) is 14.9. The molecule has 0 aliphatic carbocycles. The number of hydrogen-bond donors (Lipinski definition) is 0. The van der Waals surface area contributed by atoms with Gasteiger partial charge in [-0.05, 0) is 13.0 Å². The molecule has 0 bridgehead atoms. The largest absolute Gasteiger partial charge is 0.503 e. The normalized spacial score (nSPS) is 11.7. The van der Waals surface area contributed by atoms with Crippen LogP contribution in [0.3, 0.4) is 0 Å². The third kappa shape index (κ3) is 4.91. The van der Waals surface area contributed by atoms with Crippen molar-refractivity contribution >= 4 is 22.9 Å². The van der Waals surface area contributed by atoms with Gasteiger partial charge in [0.15, 0.2) is 5.75 Å². The maximum atomic E-state index is 12.1. The number of hydrogen-bond acceptors (Lipinski definition) is 7. The van der Waals surface area contributed by atoms with E-state index in [0.29, 0.717) is 16.8 Å². The lowest BCUT2D eigenvalue weighted by Gasteiger charge is -2.11. The van der Waals surface area contributed by atoms with E-state index in [4.69, 9.17) is 14.3 Å². The Labute approximate surface area is 155 Å². The van der Waals surface area contributed by atoms with Crippen LogP contribution in [0.2, 0.25) is 0 Å². The number of nitro groups is 1. The van der Waals surface area contributed by atoms with Gasteiger partial charge in [0, 0.05) is 17.2 Å². The molecule has 0 heterocycles. The van der Waals surface area contributed by atoms with Crippen molar-refractivity contribution in [2.75, 3.05) is 14.2 Å². The average Bonchev–Trinajstić information content (AvgIpc) is 2.70. The van der Waals surface area contributed by atoms with Gasteiger partial charge in [-0.2, -0.15) is 0 Å². The number of oxime groups is 1. The Balaban J connectivity index is 2.36. The number of benzene rings is 2. The minimum atomic E-state index is -0.559. The van der Waals surface area contributed by atoms with E-state index in [9.17, 15) is 14.9 Å². The lowest BCUT2D eigenvalue weighted by molar-refractivity contribution is -0.384. The van der Waals surface area contributed by atoms with Crippen molar-refractivity contribution in [3.05, 3.63) is 76.0 Å². The molecule has 0 aromatic heterocycles. The number of nitro benzene ring substituents is 1. The summed E-state index contributed by atoms with van der Waals surface area (Å²) >= 11 is 0. The molecule has 2 rings (SSSR count). The highest BCUT2D eigenvalue weighted by Crippen LogP contribution is 2.23. The second-order valence-electron chi connectivity index (χ2n) is 5.33. The molecule has 0 spiro atoms. The fraction of sp³-hybridized carbons (Fsp3) is 0.158. The number of esters is 1. The lowest BCUT2D eigenvalue weighted by Crippen LogP contribution is -2.09. The molecule has 0 saturated heterocycles. The minimum Gasteiger partial charge on any atom is -0.503 e. The zero-order chi connectivity index (χ0) is 19.8. The molecule has 2 aromatic carbocycles. The molecule has 27 heavy (non-hydrogen) atoms. The third-order valence-corrected chi connectivity index (χ3v) is 3.56. The van der Waals surface area contributed by atoms with Crippen LogP contribution in [0.1, 0.15) is 18.1 Å².